The Morgan fingerprint density at radius 1 is 1.11 bits per heavy atom. The second-order valence-corrected chi connectivity index (χ2v) is 9.84. The van der Waals surface area contributed by atoms with Gasteiger partial charge in [0.1, 0.15) is 11.9 Å². The van der Waals surface area contributed by atoms with E-state index in [1.54, 1.807) is 13.0 Å². The lowest BCUT2D eigenvalue weighted by atomic mass is 9.98. The highest BCUT2D eigenvalue weighted by Crippen LogP contribution is 2.28. The summed E-state index contributed by atoms with van der Waals surface area (Å²) in [6.45, 7) is 5.05. The van der Waals surface area contributed by atoms with E-state index < -0.39 is 11.9 Å². The Kier molecular flexibility index (Phi) is 6.98. The fraction of sp³-hybridized carbons (Fsp3) is 0.556. The molecule has 184 valence electrons. The lowest BCUT2D eigenvalue weighted by Gasteiger charge is -2.47. The van der Waals surface area contributed by atoms with Crippen LogP contribution in [0.5, 0.6) is 0 Å². The third-order valence-corrected chi connectivity index (χ3v) is 7.21. The third kappa shape index (κ3) is 5.16. The van der Waals surface area contributed by atoms with Crippen LogP contribution in [-0.4, -0.2) is 58.1 Å². The first kappa shape index (κ1) is 23.7. The van der Waals surface area contributed by atoms with E-state index in [0.29, 0.717) is 40.9 Å². The molecule has 0 spiro atoms. The van der Waals surface area contributed by atoms with Crippen molar-refractivity contribution in [3.63, 3.8) is 0 Å². The number of nitrogens with zero attached hydrogens (tertiary/aromatic N) is 3. The number of fused-ring (bicyclic) bond motifs is 3. The molecule has 4 saturated heterocycles. The Hall–Kier alpha value is -3.02. The molecule has 4 aliphatic heterocycles. The van der Waals surface area contributed by atoms with Gasteiger partial charge in [-0.3, -0.25) is 29.2 Å². The number of carbonyl (C=O) groups excluding carboxylic acids is 2. The number of ether oxygens (including phenoxy) is 1. The first-order valence-corrected chi connectivity index (χ1v) is 12.7. The quantitative estimate of drug-likeness (QED) is 0.375. The Bertz CT molecular complexity index is 1240. The Morgan fingerprint density at radius 3 is 2.66 bits per heavy atom. The number of hydrogen-bond donors (Lipinski definition) is 1. The molecule has 8 nitrogen and oxygen atoms in total. The largest absolute Gasteiger partial charge is 0.372 e. The molecule has 2 bridgehead atoms. The van der Waals surface area contributed by atoms with Crippen molar-refractivity contribution in [2.75, 3.05) is 19.6 Å². The van der Waals surface area contributed by atoms with Crippen molar-refractivity contribution in [2.24, 2.45) is 0 Å². The number of imide groups is 1. The van der Waals surface area contributed by atoms with Gasteiger partial charge in [0.05, 0.1) is 23.1 Å². The van der Waals surface area contributed by atoms with E-state index in [1.807, 2.05) is 12.1 Å². The molecule has 8 heteroatoms. The number of aryl methyl sites for hydroxylation is 1. The molecule has 0 saturated carbocycles. The molecule has 0 radical (unpaired) electrons. The summed E-state index contributed by atoms with van der Waals surface area (Å²) in [5.41, 5.74) is 0.920. The highest BCUT2D eigenvalue weighted by atomic mass is 16.5. The van der Waals surface area contributed by atoms with Crippen molar-refractivity contribution in [1.82, 2.24) is 19.8 Å². The van der Waals surface area contributed by atoms with Gasteiger partial charge in [0.15, 0.2) is 0 Å². The van der Waals surface area contributed by atoms with E-state index in [4.69, 9.17) is 4.74 Å². The van der Waals surface area contributed by atoms with Crippen LogP contribution in [0.25, 0.3) is 10.9 Å². The zero-order chi connectivity index (χ0) is 24.4. The number of morpholine rings is 1. The second kappa shape index (κ2) is 10.3. The fourth-order valence-corrected chi connectivity index (χ4v) is 5.44. The number of unbranched alkanes of at least 4 members (excludes halogenated alkanes) is 4. The first-order chi connectivity index (χ1) is 17.0. The third-order valence-electron chi connectivity index (χ3n) is 7.21. The van der Waals surface area contributed by atoms with Crippen LogP contribution in [0.4, 0.5) is 0 Å². The molecule has 1 aromatic heterocycles. The normalized spacial score (nSPS) is 24.0. The Morgan fingerprint density at radius 2 is 1.89 bits per heavy atom. The van der Waals surface area contributed by atoms with Gasteiger partial charge in [-0.05, 0) is 44.9 Å². The topological polar surface area (TPSA) is 93.5 Å². The summed E-state index contributed by atoms with van der Waals surface area (Å²) >= 11 is 0. The van der Waals surface area contributed by atoms with E-state index in [9.17, 15) is 14.4 Å². The SMILES string of the molecule is Cc1nc2cccc(C#CCCCCCCN3CC4CC(C3)O4)c2c(=O)n1C1CCC(=O)NC1=O. The van der Waals surface area contributed by atoms with Gasteiger partial charge in [0.2, 0.25) is 11.8 Å². The van der Waals surface area contributed by atoms with Crippen LogP contribution < -0.4 is 10.9 Å². The molecule has 2 amide bonds. The maximum atomic E-state index is 13.4. The number of nitrogens with one attached hydrogen (secondary N) is 1. The molecule has 2 aromatic rings. The van der Waals surface area contributed by atoms with Gasteiger partial charge >= 0.3 is 0 Å². The average molecular weight is 477 g/mol. The number of rotatable bonds is 7. The highest BCUT2D eigenvalue weighted by Gasteiger charge is 2.37. The zero-order valence-electron chi connectivity index (χ0n) is 20.2. The molecule has 3 atom stereocenters. The highest BCUT2D eigenvalue weighted by molar-refractivity contribution is 5.99. The molecule has 0 aliphatic carbocycles. The van der Waals surface area contributed by atoms with E-state index in [2.05, 4.69) is 27.0 Å². The number of piperidine rings is 2. The van der Waals surface area contributed by atoms with Gasteiger partial charge in [-0.25, -0.2) is 4.98 Å². The van der Waals surface area contributed by atoms with Crippen LogP contribution in [0.3, 0.4) is 0 Å². The summed E-state index contributed by atoms with van der Waals surface area (Å²) in [5.74, 6) is 6.08. The first-order valence-electron chi connectivity index (χ1n) is 12.7. The van der Waals surface area contributed by atoms with E-state index in [-0.39, 0.29) is 17.9 Å². The van der Waals surface area contributed by atoms with Gasteiger partial charge in [-0.15, -0.1) is 0 Å². The lowest BCUT2D eigenvalue weighted by Crippen LogP contribution is -2.57. The summed E-state index contributed by atoms with van der Waals surface area (Å²) in [6, 6.07) is 4.74. The number of benzene rings is 1. The van der Waals surface area contributed by atoms with Crippen LogP contribution in [0.1, 0.15) is 68.8 Å². The minimum absolute atomic E-state index is 0.204. The van der Waals surface area contributed by atoms with Crippen molar-refractivity contribution in [3.8, 4) is 11.8 Å². The monoisotopic (exact) mass is 476 g/mol. The molecule has 1 N–H and O–H groups in total. The van der Waals surface area contributed by atoms with Gasteiger partial charge in [-0.2, -0.15) is 0 Å². The van der Waals surface area contributed by atoms with Crippen molar-refractivity contribution in [2.45, 2.75) is 76.5 Å². The van der Waals surface area contributed by atoms with Crippen LogP contribution >= 0.6 is 0 Å². The fourth-order valence-electron chi connectivity index (χ4n) is 5.44. The molecule has 35 heavy (non-hydrogen) atoms. The van der Waals surface area contributed by atoms with E-state index in [1.165, 1.54) is 23.8 Å². The smallest absolute Gasteiger partial charge is 0.263 e. The number of amides is 2. The van der Waals surface area contributed by atoms with Gasteiger partial charge in [-0.1, -0.05) is 30.7 Å². The molecule has 4 fully saturated rings. The summed E-state index contributed by atoms with van der Waals surface area (Å²) in [5, 5.41) is 2.76. The van der Waals surface area contributed by atoms with Crippen LogP contribution in [0.2, 0.25) is 0 Å². The molecular formula is C27H32N4O4. The van der Waals surface area contributed by atoms with Crippen molar-refractivity contribution >= 4 is 22.7 Å². The molecular weight excluding hydrogens is 444 g/mol. The van der Waals surface area contributed by atoms with Gasteiger partial charge < -0.3 is 4.74 Å². The van der Waals surface area contributed by atoms with Crippen molar-refractivity contribution in [1.29, 1.82) is 0 Å². The molecule has 1 aromatic carbocycles. The molecule has 3 unspecified atom stereocenters. The Labute approximate surface area is 205 Å². The van der Waals surface area contributed by atoms with Crippen molar-refractivity contribution in [3.05, 3.63) is 39.9 Å². The van der Waals surface area contributed by atoms with Crippen LogP contribution in [-0.2, 0) is 14.3 Å². The lowest BCUT2D eigenvalue weighted by molar-refractivity contribution is -0.180. The summed E-state index contributed by atoms with van der Waals surface area (Å²) in [6.07, 6.45) is 8.05. The average Bonchev–Trinajstić information content (AvgIpc) is 2.81. The standard InChI is InChI=1S/C27H32N4O4/c1-18-28-22-11-8-10-19(25(22)27(34)31(18)23-12-13-24(32)29-26(23)33)9-6-4-2-3-5-7-14-30-16-20-15-21(17-30)35-20/h8,10-11,20-21,23H,2-5,7,12-17H2,1H3,(H,29,32,33). The second-order valence-electron chi connectivity index (χ2n) is 9.84. The van der Waals surface area contributed by atoms with Crippen LogP contribution in [0, 0.1) is 18.8 Å². The minimum atomic E-state index is -0.735. The number of carbonyl (C=O) groups is 2. The van der Waals surface area contributed by atoms with E-state index in [0.717, 1.165) is 38.9 Å². The molecule has 4 aliphatic rings. The van der Waals surface area contributed by atoms with Crippen molar-refractivity contribution < 1.29 is 14.3 Å². The summed E-state index contributed by atoms with van der Waals surface area (Å²) < 4.78 is 7.10. The summed E-state index contributed by atoms with van der Waals surface area (Å²) in [4.78, 5) is 44.5. The van der Waals surface area contributed by atoms with Crippen LogP contribution in [0.15, 0.2) is 23.0 Å². The van der Waals surface area contributed by atoms with Gasteiger partial charge in [0.25, 0.3) is 5.56 Å². The molecule has 5 heterocycles. The predicted molar refractivity (Wildman–Crippen MR) is 132 cm³/mol. The number of hydrogen-bond acceptors (Lipinski definition) is 6. The zero-order valence-corrected chi connectivity index (χ0v) is 20.2. The maximum absolute atomic E-state index is 13.4. The number of aromatic nitrogens is 2. The Balaban J connectivity index is 1.20. The predicted octanol–water partition coefficient (Wildman–Crippen LogP) is 2.46. The summed E-state index contributed by atoms with van der Waals surface area (Å²) in [7, 11) is 0. The van der Waals surface area contributed by atoms with E-state index >= 15 is 0 Å². The minimum Gasteiger partial charge on any atom is -0.372 e. The van der Waals surface area contributed by atoms with Gasteiger partial charge in [0, 0.05) is 37.9 Å². The maximum Gasteiger partial charge on any atom is 0.263 e. The molecule has 6 rings (SSSR count).